The summed E-state index contributed by atoms with van der Waals surface area (Å²) >= 11 is 0. The van der Waals surface area contributed by atoms with Crippen molar-refractivity contribution < 1.29 is 24.2 Å². The molecule has 2 aromatic rings. The molecule has 1 aromatic heterocycles. The molecule has 3 aliphatic rings. The third-order valence-corrected chi connectivity index (χ3v) is 8.93. The predicted molar refractivity (Wildman–Crippen MR) is 164 cm³/mol. The molecule has 43 heavy (non-hydrogen) atoms. The van der Waals surface area contributed by atoms with Gasteiger partial charge in [-0.3, -0.25) is 14.4 Å². The Labute approximate surface area is 252 Å². The molecule has 4 N–H and O–H groups in total. The third-order valence-electron chi connectivity index (χ3n) is 8.93. The summed E-state index contributed by atoms with van der Waals surface area (Å²) in [5, 5.41) is 18.9. The highest BCUT2D eigenvalue weighted by Gasteiger charge is 2.41. The molecule has 5 rings (SSSR count). The molecule has 1 aliphatic heterocycles. The van der Waals surface area contributed by atoms with Gasteiger partial charge in [-0.15, -0.1) is 0 Å². The Balaban J connectivity index is 1.28. The van der Waals surface area contributed by atoms with Gasteiger partial charge in [0.1, 0.15) is 23.5 Å². The summed E-state index contributed by atoms with van der Waals surface area (Å²) in [5.41, 5.74) is 1.67. The van der Waals surface area contributed by atoms with E-state index in [1.165, 1.54) is 7.11 Å². The highest BCUT2D eigenvalue weighted by Crippen LogP contribution is 2.40. The van der Waals surface area contributed by atoms with Crippen LogP contribution in [0.25, 0.3) is 0 Å². The normalized spacial score (nSPS) is 19.8. The van der Waals surface area contributed by atoms with Crippen LogP contribution < -0.4 is 30.5 Å². The average molecular weight is 594 g/mol. The van der Waals surface area contributed by atoms with Gasteiger partial charge in [0, 0.05) is 31.2 Å². The first-order valence-electron chi connectivity index (χ1n) is 15.5. The van der Waals surface area contributed by atoms with Crippen LogP contribution in [-0.4, -0.2) is 77.7 Å². The van der Waals surface area contributed by atoms with Crippen molar-refractivity contribution in [3.8, 4) is 5.75 Å². The van der Waals surface area contributed by atoms with Crippen molar-refractivity contribution in [2.75, 3.05) is 35.8 Å². The average Bonchev–Trinajstić information content (AvgIpc) is 3.73. The summed E-state index contributed by atoms with van der Waals surface area (Å²) in [7, 11) is 3.29. The standard InChI is InChI=1S/C31H43N7O5/c1-4-24-29(40)37(2)25-18-33-31(36-27(25)38(24)21-11-7-8-12-21)35-22-14-13-19(17-26(22)43-3)28(39)32-16-15-23(30(41)42)34-20-9-5-6-10-20/h13-14,17-18,20-21,23-24,34H,4-12,15-16H2,1-3H3,(H,32,39)(H,41,42)(H,33,35,36)/t23-,24+/m0/s1. The van der Waals surface area contributed by atoms with Gasteiger partial charge in [-0.2, -0.15) is 4.98 Å². The van der Waals surface area contributed by atoms with E-state index >= 15 is 0 Å². The first kappa shape index (κ1) is 30.5. The molecule has 12 heteroatoms. The van der Waals surface area contributed by atoms with Crippen LogP contribution in [0.2, 0.25) is 0 Å². The number of rotatable bonds is 12. The molecule has 2 atom stereocenters. The van der Waals surface area contributed by atoms with E-state index in [0.29, 0.717) is 41.5 Å². The summed E-state index contributed by atoms with van der Waals surface area (Å²) in [6, 6.07) is 4.57. The second-order valence-electron chi connectivity index (χ2n) is 11.7. The summed E-state index contributed by atoms with van der Waals surface area (Å²) in [6.45, 7) is 2.26. The Hall–Kier alpha value is -3.93. The van der Waals surface area contributed by atoms with Crippen molar-refractivity contribution in [2.24, 2.45) is 0 Å². The number of nitrogens with one attached hydrogen (secondary N) is 3. The van der Waals surface area contributed by atoms with Crippen LogP contribution >= 0.6 is 0 Å². The lowest BCUT2D eigenvalue weighted by Gasteiger charge is -2.43. The first-order chi connectivity index (χ1) is 20.8. The van der Waals surface area contributed by atoms with Gasteiger partial charge in [0.25, 0.3) is 5.91 Å². The van der Waals surface area contributed by atoms with E-state index in [1.807, 2.05) is 6.92 Å². The van der Waals surface area contributed by atoms with Gasteiger partial charge in [-0.1, -0.05) is 32.6 Å². The van der Waals surface area contributed by atoms with E-state index in [-0.39, 0.29) is 36.5 Å². The SMILES string of the molecule is CC[C@@H]1C(=O)N(C)c2cnc(Nc3ccc(C(=O)NCC[C@H](NC4CCCC4)C(=O)O)cc3OC)nc2N1C1CCCC1. The van der Waals surface area contributed by atoms with Crippen molar-refractivity contribution in [3.05, 3.63) is 30.0 Å². The number of methoxy groups -OCH3 is 1. The number of carboxylic acid groups (broad SMARTS) is 1. The molecular formula is C31H43N7O5. The largest absolute Gasteiger partial charge is 0.495 e. The Morgan fingerprint density at radius 1 is 1.14 bits per heavy atom. The molecule has 0 spiro atoms. The Kier molecular flexibility index (Phi) is 9.64. The van der Waals surface area contributed by atoms with Gasteiger partial charge in [0.15, 0.2) is 5.82 Å². The van der Waals surface area contributed by atoms with E-state index in [9.17, 15) is 19.5 Å². The topological polar surface area (TPSA) is 149 Å². The number of hydrogen-bond donors (Lipinski definition) is 4. The number of amides is 2. The van der Waals surface area contributed by atoms with Gasteiger partial charge >= 0.3 is 5.97 Å². The van der Waals surface area contributed by atoms with Crippen LogP contribution in [0.1, 0.15) is 81.5 Å². The first-order valence-corrected chi connectivity index (χ1v) is 15.5. The van der Waals surface area contributed by atoms with E-state index < -0.39 is 12.0 Å². The molecule has 0 bridgehead atoms. The Morgan fingerprint density at radius 3 is 2.53 bits per heavy atom. The molecule has 2 saturated carbocycles. The molecule has 12 nitrogen and oxygen atoms in total. The number of anilines is 4. The number of nitrogens with zero attached hydrogens (tertiary/aromatic N) is 4. The van der Waals surface area contributed by atoms with Crippen LogP contribution in [0.15, 0.2) is 24.4 Å². The Bertz CT molecular complexity index is 1330. The van der Waals surface area contributed by atoms with Crippen LogP contribution in [0.4, 0.5) is 23.1 Å². The summed E-state index contributed by atoms with van der Waals surface area (Å²) in [4.78, 5) is 51.0. The number of carboxylic acids is 1. The monoisotopic (exact) mass is 593 g/mol. The number of hydrogen-bond acceptors (Lipinski definition) is 9. The zero-order chi connectivity index (χ0) is 30.5. The molecule has 0 radical (unpaired) electrons. The second-order valence-corrected chi connectivity index (χ2v) is 11.7. The number of carbonyl (C=O) groups excluding carboxylic acids is 2. The van der Waals surface area contributed by atoms with E-state index in [4.69, 9.17) is 9.72 Å². The number of likely N-dealkylation sites (N-methyl/N-ethyl adjacent to an activating group) is 1. The van der Waals surface area contributed by atoms with Gasteiger partial charge in [0.05, 0.1) is 19.0 Å². The lowest BCUT2D eigenvalue weighted by molar-refractivity contribution is -0.139. The van der Waals surface area contributed by atoms with E-state index in [0.717, 1.165) is 57.2 Å². The Morgan fingerprint density at radius 2 is 1.86 bits per heavy atom. The maximum Gasteiger partial charge on any atom is 0.320 e. The fourth-order valence-electron chi connectivity index (χ4n) is 6.59. The van der Waals surface area contributed by atoms with Crippen molar-refractivity contribution in [1.29, 1.82) is 0 Å². The fraction of sp³-hybridized carbons (Fsp3) is 0.581. The van der Waals surface area contributed by atoms with Crippen LogP contribution in [0.5, 0.6) is 5.75 Å². The van der Waals surface area contributed by atoms with Gasteiger partial charge in [-0.25, -0.2) is 4.98 Å². The minimum Gasteiger partial charge on any atom is -0.495 e. The zero-order valence-corrected chi connectivity index (χ0v) is 25.3. The van der Waals surface area contributed by atoms with Crippen LogP contribution in [0.3, 0.4) is 0 Å². The van der Waals surface area contributed by atoms with Gasteiger partial charge in [0.2, 0.25) is 11.9 Å². The van der Waals surface area contributed by atoms with Gasteiger partial charge < -0.3 is 35.6 Å². The quantitative estimate of drug-likeness (QED) is 0.286. The smallest absolute Gasteiger partial charge is 0.320 e. The number of aliphatic carboxylic acids is 1. The number of carbonyl (C=O) groups is 3. The third kappa shape index (κ3) is 6.69. The number of fused-ring (bicyclic) bond motifs is 1. The highest BCUT2D eigenvalue weighted by molar-refractivity contribution is 6.04. The number of benzene rings is 1. The highest BCUT2D eigenvalue weighted by atomic mass is 16.5. The molecule has 2 heterocycles. The molecule has 2 amide bonds. The summed E-state index contributed by atoms with van der Waals surface area (Å²) in [6.07, 6.45) is 11.2. The fourth-order valence-corrected chi connectivity index (χ4v) is 6.59. The summed E-state index contributed by atoms with van der Waals surface area (Å²) in [5.74, 6) is 0.388. The summed E-state index contributed by atoms with van der Waals surface area (Å²) < 4.78 is 5.59. The lowest BCUT2D eigenvalue weighted by Crippen LogP contribution is -2.55. The van der Waals surface area contributed by atoms with Gasteiger partial charge in [-0.05, 0) is 56.7 Å². The van der Waals surface area contributed by atoms with Crippen LogP contribution in [-0.2, 0) is 9.59 Å². The molecule has 0 unspecified atom stereocenters. The minimum absolute atomic E-state index is 0.0605. The van der Waals surface area contributed by atoms with E-state index in [2.05, 4.69) is 25.8 Å². The maximum atomic E-state index is 13.2. The lowest BCUT2D eigenvalue weighted by atomic mass is 10.0. The molecular weight excluding hydrogens is 550 g/mol. The predicted octanol–water partition coefficient (Wildman–Crippen LogP) is 3.84. The molecule has 2 fully saturated rings. The maximum absolute atomic E-state index is 13.2. The molecule has 0 saturated heterocycles. The second kappa shape index (κ2) is 13.6. The van der Waals surface area contributed by atoms with Crippen LogP contribution in [0, 0.1) is 0 Å². The molecule has 232 valence electrons. The molecule has 1 aromatic carbocycles. The zero-order valence-electron chi connectivity index (χ0n) is 25.3. The van der Waals surface area contributed by atoms with E-state index in [1.54, 1.807) is 36.3 Å². The van der Waals surface area contributed by atoms with Crippen molar-refractivity contribution in [3.63, 3.8) is 0 Å². The van der Waals surface area contributed by atoms with Crippen molar-refractivity contribution in [2.45, 2.75) is 95.3 Å². The molecule has 2 aliphatic carbocycles. The van der Waals surface area contributed by atoms with Crippen molar-refractivity contribution in [1.82, 2.24) is 20.6 Å². The number of ether oxygens (including phenoxy) is 1. The minimum atomic E-state index is -0.905. The van der Waals surface area contributed by atoms with Crippen molar-refractivity contribution >= 4 is 40.9 Å². The number of aromatic nitrogens is 2.